The van der Waals surface area contributed by atoms with Crippen molar-refractivity contribution in [2.45, 2.75) is 46.3 Å². The van der Waals surface area contributed by atoms with Gasteiger partial charge in [0, 0.05) is 18.2 Å². The van der Waals surface area contributed by atoms with Gasteiger partial charge >= 0.3 is 0 Å². The van der Waals surface area contributed by atoms with Crippen LogP contribution in [0.4, 0.5) is 0 Å². The maximum Gasteiger partial charge on any atom is 0.138 e. The predicted molar refractivity (Wildman–Crippen MR) is 84.6 cm³/mol. The molecule has 0 aliphatic carbocycles. The topological polar surface area (TPSA) is 42.4 Å². The van der Waals surface area contributed by atoms with Gasteiger partial charge in [0.1, 0.15) is 5.75 Å². The number of aromatic nitrogens is 1. The molecule has 0 aliphatic rings. The molecule has 112 valence electrons. The summed E-state index contributed by atoms with van der Waals surface area (Å²) in [5.74, 6) is 0.697. The normalized spacial score (nSPS) is 12.5. The van der Waals surface area contributed by atoms with Crippen LogP contribution in [0.1, 0.15) is 42.2 Å². The Labute approximate surface area is 126 Å². The lowest BCUT2D eigenvalue weighted by Gasteiger charge is -2.15. The quantitative estimate of drug-likeness (QED) is 0.909. The number of aliphatic hydroxyl groups is 1. The fourth-order valence-corrected chi connectivity index (χ4v) is 2.30. The second-order valence-electron chi connectivity index (χ2n) is 5.77. The van der Waals surface area contributed by atoms with Crippen LogP contribution in [0.3, 0.4) is 0 Å². The summed E-state index contributed by atoms with van der Waals surface area (Å²) in [4.78, 5) is 4.16. The third-order valence-electron chi connectivity index (χ3n) is 3.41. The molecule has 1 unspecified atom stereocenters. The van der Waals surface area contributed by atoms with E-state index in [0.717, 1.165) is 11.1 Å². The maximum atomic E-state index is 10.5. The van der Waals surface area contributed by atoms with E-state index in [2.05, 4.69) is 37.0 Å². The van der Waals surface area contributed by atoms with Crippen molar-refractivity contribution in [1.82, 2.24) is 4.98 Å². The molecule has 0 amide bonds. The number of hydrogen-bond acceptors (Lipinski definition) is 3. The number of rotatable bonds is 5. The zero-order valence-corrected chi connectivity index (χ0v) is 13.1. The van der Waals surface area contributed by atoms with Crippen LogP contribution in [0, 0.1) is 13.8 Å². The Hall–Kier alpha value is -1.87. The summed E-state index contributed by atoms with van der Waals surface area (Å²) in [6.07, 6.45) is 3.48. The lowest BCUT2D eigenvalue weighted by atomic mass is 9.97. The molecule has 1 atom stereocenters. The van der Waals surface area contributed by atoms with Gasteiger partial charge in [0.25, 0.3) is 0 Å². The van der Waals surface area contributed by atoms with Crippen molar-refractivity contribution in [3.05, 3.63) is 58.9 Å². The Balaban J connectivity index is 2.16. The highest BCUT2D eigenvalue weighted by Gasteiger charge is 2.12. The van der Waals surface area contributed by atoms with Gasteiger partial charge < -0.3 is 9.84 Å². The molecule has 1 N–H and O–H groups in total. The van der Waals surface area contributed by atoms with E-state index in [1.807, 2.05) is 19.9 Å². The van der Waals surface area contributed by atoms with Gasteiger partial charge in [0.2, 0.25) is 0 Å². The van der Waals surface area contributed by atoms with E-state index in [4.69, 9.17) is 4.74 Å². The summed E-state index contributed by atoms with van der Waals surface area (Å²) >= 11 is 0. The molecule has 0 saturated heterocycles. The van der Waals surface area contributed by atoms with Gasteiger partial charge in [0.15, 0.2) is 0 Å². The third kappa shape index (κ3) is 4.30. The third-order valence-corrected chi connectivity index (χ3v) is 3.41. The van der Waals surface area contributed by atoms with Gasteiger partial charge in [-0.3, -0.25) is 4.98 Å². The molecule has 1 aromatic heterocycles. The molecule has 0 saturated carbocycles. The molecule has 0 bridgehead atoms. The summed E-state index contributed by atoms with van der Waals surface area (Å²) < 4.78 is 5.62. The lowest BCUT2D eigenvalue weighted by Crippen LogP contribution is -2.08. The molecule has 0 radical (unpaired) electrons. The largest absolute Gasteiger partial charge is 0.489 e. The average Bonchev–Trinajstić information content (AvgIpc) is 2.42. The lowest BCUT2D eigenvalue weighted by molar-refractivity contribution is 0.176. The first-order chi connectivity index (χ1) is 9.95. The van der Waals surface area contributed by atoms with Crippen LogP contribution in [0.2, 0.25) is 0 Å². The van der Waals surface area contributed by atoms with Crippen LogP contribution in [0.15, 0.2) is 36.7 Å². The first-order valence-corrected chi connectivity index (χ1v) is 7.31. The maximum absolute atomic E-state index is 10.5. The smallest absolute Gasteiger partial charge is 0.138 e. The number of ether oxygens (including phenoxy) is 1. The Kier molecular flexibility index (Phi) is 4.97. The first kappa shape index (κ1) is 15.5. The Morgan fingerprint density at radius 1 is 1.14 bits per heavy atom. The van der Waals surface area contributed by atoms with E-state index in [1.165, 1.54) is 11.1 Å². The van der Waals surface area contributed by atoms with Crippen molar-refractivity contribution >= 4 is 0 Å². The van der Waals surface area contributed by atoms with Crippen LogP contribution < -0.4 is 4.74 Å². The number of pyridine rings is 1. The molecule has 2 rings (SSSR count). The summed E-state index contributed by atoms with van der Waals surface area (Å²) in [5.41, 5.74) is 4.35. The molecule has 21 heavy (non-hydrogen) atoms. The van der Waals surface area contributed by atoms with Crippen molar-refractivity contribution in [2.24, 2.45) is 0 Å². The Morgan fingerprint density at radius 2 is 1.90 bits per heavy atom. The fourth-order valence-electron chi connectivity index (χ4n) is 2.30. The van der Waals surface area contributed by atoms with Gasteiger partial charge in [0.05, 0.1) is 18.4 Å². The standard InChI is InChI=1S/C18H23NO2/c1-12(2)21-17-8-16(10-19-11-17)18(20)9-15-7-13(3)5-6-14(15)4/h5-8,10-12,18,20H,9H2,1-4H3. The highest BCUT2D eigenvalue weighted by Crippen LogP contribution is 2.23. The fraction of sp³-hybridized carbons (Fsp3) is 0.389. The highest BCUT2D eigenvalue weighted by atomic mass is 16.5. The first-order valence-electron chi connectivity index (χ1n) is 7.31. The van der Waals surface area contributed by atoms with E-state index in [1.54, 1.807) is 12.4 Å². The van der Waals surface area contributed by atoms with Gasteiger partial charge in [-0.15, -0.1) is 0 Å². The Morgan fingerprint density at radius 3 is 2.62 bits per heavy atom. The van der Waals surface area contributed by atoms with Crippen molar-refractivity contribution in [3.8, 4) is 5.75 Å². The van der Waals surface area contributed by atoms with Crippen molar-refractivity contribution in [1.29, 1.82) is 0 Å². The zero-order valence-electron chi connectivity index (χ0n) is 13.1. The number of aliphatic hydroxyl groups excluding tert-OH is 1. The minimum Gasteiger partial charge on any atom is -0.489 e. The minimum atomic E-state index is -0.575. The monoisotopic (exact) mass is 285 g/mol. The SMILES string of the molecule is Cc1ccc(C)c(CC(O)c2cncc(OC(C)C)c2)c1. The number of nitrogens with zero attached hydrogens (tertiary/aromatic N) is 1. The van der Waals surface area contributed by atoms with E-state index in [9.17, 15) is 5.11 Å². The van der Waals surface area contributed by atoms with Gasteiger partial charge in [-0.2, -0.15) is 0 Å². The van der Waals surface area contributed by atoms with E-state index in [0.29, 0.717) is 12.2 Å². The second kappa shape index (κ2) is 6.72. The molecular weight excluding hydrogens is 262 g/mol. The molecule has 3 nitrogen and oxygen atoms in total. The number of aryl methyl sites for hydroxylation is 2. The minimum absolute atomic E-state index is 0.0956. The summed E-state index contributed by atoms with van der Waals surface area (Å²) in [6.45, 7) is 8.07. The average molecular weight is 285 g/mol. The highest BCUT2D eigenvalue weighted by molar-refractivity contribution is 5.33. The molecule has 2 aromatic rings. The van der Waals surface area contributed by atoms with Gasteiger partial charge in [-0.25, -0.2) is 0 Å². The molecule has 1 aromatic carbocycles. The number of hydrogen-bond donors (Lipinski definition) is 1. The van der Waals surface area contributed by atoms with Crippen LogP contribution in [0.5, 0.6) is 5.75 Å². The Bertz CT molecular complexity index is 608. The summed E-state index contributed by atoms with van der Waals surface area (Å²) in [7, 11) is 0. The molecule has 0 aliphatic heterocycles. The van der Waals surface area contributed by atoms with Crippen LogP contribution in [-0.2, 0) is 6.42 Å². The zero-order chi connectivity index (χ0) is 15.4. The van der Waals surface area contributed by atoms with Crippen molar-refractivity contribution < 1.29 is 9.84 Å². The van der Waals surface area contributed by atoms with E-state index >= 15 is 0 Å². The number of benzene rings is 1. The molecule has 1 heterocycles. The van der Waals surface area contributed by atoms with Crippen molar-refractivity contribution in [2.75, 3.05) is 0 Å². The second-order valence-corrected chi connectivity index (χ2v) is 5.77. The van der Waals surface area contributed by atoms with Gasteiger partial charge in [-0.05, 0) is 44.9 Å². The predicted octanol–water partition coefficient (Wildman–Crippen LogP) is 3.76. The molecule has 0 fully saturated rings. The summed E-state index contributed by atoms with van der Waals surface area (Å²) in [5, 5.41) is 10.5. The van der Waals surface area contributed by atoms with Gasteiger partial charge in [-0.1, -0.05) is 23.8 Å². The van der Waals surface area contributed by atoms with Crippen LogP contribution in [-0.4, -0.2) is 16.2 Å². The van der Waals surface area contributed by atoms with Crippen molar-refractivity contribution in [3.63, 3.8) is 0 Å². The van der Waals surface area contributed by atoms with E-state index < -0.39 is 6.10 Å². The van der Waals surface area contributed by atoms with Crippen LogP contribution >= 0.6 is 0 Å². The van der Waals surface area contributed by atoms with E-state index in [-0.39, 0.29) is 6.10 Å². The molecule has 3 heteroatoms. The van der Waals surface area contributed by atoms with Crippen LogP contribution in [0.25, 0.3) is 0 Å². The summed E-state index contributed by atoms with van der Waals surface area (Å²) in [6, 6.07) is 8.17. The molecular formula is C18H23NO2. The molecule has 0 spiro atoms.